The van der Waals surface area contributed by atoms with Crippen LogP contribution in [0.3, 0.4) is 0 Å². The Morgan fingerprint density at radius 2 is 2.20 bits per heavy atom. The predicted octanol–water partition coefficient (Wildman–Crippen LogP) is 1.79. The number of alkyl carbamates (subject to hydrolysis) is 1. The fourth-order valence-corrected chi connectivity index (χ4v) is 3.51. The molecule has 2 aliphatic heterocycles. The van der Waals surface area contributed by atoms with E-state index in [-0.39, 0.29) is 23.8 Å². The number of hydrogen-bond acceptors (Lipinski definition) is 6. The van der Waals surface area contributed by atoms with E-state index in [1.54, 1.807) is 0 Å². The minimum absolute atomic E-state index is 0.0480. The third kappa shape index (κ3) is 3.17. The van der Waals surface area contributed by atoms with Gasteiger partial charge < -0.3 is 20.2 Å². The van der Waals surface area contributed by atoms with E-state index < -0.39 is 0 Å². The number of benzene rings is 1. The summed E-state index contributed by atoms with van der Waals surface area (Å²) in [5, 5.41) is 4.84. The zero-order valence-corrected chi connectivity index (χ0v) is 14.5. The Morgan fingerprint density at radius 1 is 1.44 bits per heavy atom. The summed E-state index contributed by atoms with van der Waals surface area (Å²) in [6, 6.07) is 10.3. The lowest BCUT2D eigenvalue weighted by atomic mass is 9.88. The van der Waals surface area contributed by atoms with Gasteiger partial charge >= 0.3 is 6.09 Å². The standard InChI is InChI=1S/C18H24N4O3/c1-12(2)19-17(23)25-14-8-9-18(11-24-18)16-15(14)20-21-22(16)10-13-6-4-3-5-7-13/h3-7,12,14,20-21H,8-11H2,1-2H3,(H,19,23)/t14-,18+/m1/s1. The van der Waals surface area contributed by atoms with Crippen LogP contribution in [0.1, 0.15) is 32.3 Å². The smallest absolute Gasteiger partial charge is 0.407 e. The number of amides is 1. The van der Waals surface area contributed by atoms with Crippen LogP contribution in [-0.2, 0) is 16.0 Å². The van der Waals surface area contributed by atoms with E-state index in [0.717, 1.165) is 24.2 Å². The van der Waals surface area contributed by atoms with Crippen LogP contribution >= 0.6 is 0 Å². The lowest BCUT2D eigenvalue weighted by Gasteiger charge is -2.30. The molecule has 2 atom stereocenters. The number of hydrogen-bond donors (Lipinski definition) is 3. The molecule has 0 aromatic heterocycles. The van der Waals surface area contributed by atoms with Crippen molar-refractivity contribution in [2.75, 3.05) is 6.61 Å². The normalized spacial score (nSPS) is 27.3. The molecule has 1 aliphatic carbocycles. The maximum Gasteiger partial charge on any atom is 0.407 e. The Labute approximate surface area is 147 Å². The second kappa shape index (κ2) is 6.24. The van der Waals surface area contributed by atoms with Crippen LogP contribution in [0.4, 0.5) is 4.79 Å². The number of ether oxygens (including phenoxy) is 2. The van der Waals surface area contributed by atoms with Gasteiger partial charge in [-0.3, -0.25) is 5.01 Å². The molecular weight excluding hydrogens is 320 g/mol. The van der Waals surface area contributed by atoms with Crippen molar-refractivity contribution in [1.29, 1.82) is 0 Å². The van der Waals surface area contributed by atoms with E-state index in [1.807, 2.05) is 32.0 Å². The van der Waals surface area contributed by atoms with Crippen molar-refractivity contribution in [1.82, 2.24) is 21.3 Å². The monoisotopic (exact) mass is 344 g/mol. The Kier molecular flexibility index (Phi) is 4.05. The Morgan fingerprint density at radius 3 is 2.88 bits per heavy atom. The molecule has 7 nitrogen and oxygen atoms in total. The van der Waals surface area contributed by atoms with Gasteiger partial charge in [0.05, 0.1) is 24.5 Å². The van der Waals surface area contributed by atoms with Crippen LogP contribution in [0.25, 0.3) is 0 Å². The van der Waals surface area contributed by atoms with Crippen molar-refractivity contribution in [3.8, 4) is 0 Å². The molecule has 0 saturated carbocycles. The molecule has 1 spiro atoms. The summed E-state index contributed by atoms with van der Waals surface area (Å²) in [7, 11) is 0. The third-order valence-corrected chi connectivity index (χ3v) is 4.75. The molecule has 1 fully saturated rings. The molecular formula is C18H24N4O3. The number of nitrogens with zero attached hydrogens (tertiary/aromatic N) is 1. The van der Waals surface area contributed by atoms with Gasteiger partial charge in [-0.05, 0) is 32.3 Å². The van der Waals surface area contributed by atoms with Crippen molar-refractivity contribution in [2.24, 2.45) is 0 Å². The van der Waals surface area contributed by atoms with Gasteiger partial charge in [0, 0.05) is 6.04 Å². The van der Waals surface area contributed by atoms with Crippen LogP contribution in [0.5, 0.6) is 0 Å². The molecule has 25 heavy (non-hydrogen) atoms. The molecule has 0 radical (unpaired) electrons. The molecule has 7 heteroatoms. The Hall–Kier alpha value is -2.25. The number of carbonyl (C=O) groups excluding carboxylic acids is 1. The number of carbonyl (C=O) groups is 1. The first kappa shape index (κ1) is 16.2. The molecule has 1 aromatic carbocycles. The van der Waals surface area contributed by atoms with E-state index in [4.69, 9.17) is 9.47 Å². The van der Waals surface area contributed by atoms with Crippen molar-refractivity contribution in [3.05, 3.63) is 47.3 Å². The summed E-state index contributed by atoms with van der Waals surface area (Å²) in [6.07, 6.45) is 0.915. The lowest BCUT2D eigenvalue weighted by molar-refractivity contribution is 0.0921. The first-order valence-electron chi connectivity index (χ1n) is 8.76. The topological polar surface area (TPSA) is 78.2 Å². The van der Waals surface area contributed by atoms with Gasteiger partial charge in [0.15, 0.2) is 0 Å². The van der Waals surface area contributed by atoms with Gasteiger partial charge in [-0.25, -0.2) is 4.79 Å². The Balaban J connectivity index is 1.54. The lowest BCUT2D eigenvalue weighted by Crippen LogP contribution is -2.40. The second-order valence-electron chi connectivity index (χ2n) is 7.09. The average molecular weight is 344 g/mol. The average Bonchev–Trinajstić information content (AvgIpc) is 3.22. The highest BCUT2D eigenvalue weighted by Gasteiger charge is 2.57. The summed E-state index contributed by atoms with van der Waals surface area (Å²) < 4.78 is 11.4. The first-order chi connectivity index (χ1) is 12.1. The van der Waals surface area contributed by atoms with Crippen molar-refractivity contribution >= 4 is 6.09 Å². The van der Waals surface area contributed by atoms with Gasteiger partial charge in [-0.2, -0.15) is 0 Å². The number of hydrazine groups is 2. The molecule has 2 heterocycles. The molecule has 1 saturated heterocycles. The highest BCUT2D eigenvalue weighted by atomic mass is 16.6. The number of fused-ring (bicyclic) bond motifs is 1. The fourth-order valence-electron chi connectivity index (χ4n) is 3.51. The minimum Gasteiger partial charge on any atom is -0.440 e. The van der Waals surface area contributed by atoms with Crippen LogP contribution in [0.15, 0.2) is 41.7 Å². The van der Waals surface area contributed by atoms with Gasteiger partial charge in [-0.1, -0.05) is 30.3 Å². The molecule has 4 rings (SSSR count). The minimum atomic E-state index is -0.386. The summed E-state index contributed by atoms with van der Waals surface area (Å²) in [6.45, 7) is 5.25. The highest BCUT2D eigenvalue weighted by Crippen LogP contribution is 2.48. The zero-order valence-electron chi connectivity index (χ0n) is 14.5. The molecule has 1 aromatic rings. The van der Waals surface area contributed by atoms with Gasteiger partial charge in [0.1, 0.15) is 11.7 Å². The summed E-state index contributed by atoms with van der Waals surface area (Å²) in [5.74, 6) is 0. The number of nitrogens with one attached hydrogen (secondary N) is 3. The van der Waals surface area contributed by atoms with E-state index in [1.165, 1.54) is 5.56 Å². The summed E-state index contributed by atoms with van der Waals surface area (Å²) >= 11 is 0. The predicted molar refractivity (Wildman–Crippen MR) is 91.7 cm³/mol. The Bertz CT molecular complexity index is 685. The van der Waals surface area contributed by atoms with Crippen LogP contribution in [-0.4, -0.2) is 35.5 Å². The largest absolute Gasteiger partial charge is 0.440 e. The zero-order chi connectivity index (χ0) is 17.4. The number of rotatable bonds is 4. The molecule has 134 valence electrons. The molecule has 0 bridgehead atoms. The van der Waals surface area contributed by atoms with Gasteiger partial charge in [0.2, 0.25) is 0 Å². The van der Waals surface area contributed by atoms with Crippen LogP contribution < -0.4 is 16.3 Å². The summed E-state index contributed by atoms with van der Waals surface area (Å²) in [4.78, 5) is 12.0. The fraction of sp³-hybridized carbons (Fsp3) is 0.500. The van der Waals surface area contributed by atoms with Crippen molar-refractivity contribution in [2.45, 2.75) is 51.0 Å². The highest BCUT2D eigenvalue weighted by molar-refractivity contribution is 5.68. The second-order valence-corrected chi connectivity index (χ2v) is 7.09. The molecule has 3 aliphatic rings. The van der Waals surface area contributed by atoms with E-state index in [2.05, 4.69) is 33.4 Å². The van der Waals surface area contributed by atoms with Crippen LogP contribution in [0, 0.1) is 0 Å². The van der Waals surface area contributed by atoms with E-state index in [0.29, 0.717) is 13.2 Å². The summed E-state index contributed by atoms with van der Waals surface area (Å²) in [5.41, 5.74) is 9.32. The first-order valence-corrected chi connectivity index (χ1v) is 8.76. The van der Waals surface area contributed by atoms with Crippen molar-refractivity contribution in [3.63, 3.8) is 0 Å². The molecule has 1 amide bonds. The van der Waals surface area contributed by atoms with E-state index in [9.17, 15) is 4.79 Å². The quantitative estimate of drug-likeness (QED) is 0.723. The molecule has 0 unspecified atom stereocenters. The van der Waals surface area contributed by atoms with E-state index >= 15 is 0 Å². The van der Waals surface area contributed by atoms with Crippen LogP contribution in [0.2, 0.25) is 0 Å². The third-order valence-electron chi connectivity index (χ3n) is 4.75. The SMILES string of the molecule is CC(C)NC(=O)O[C@@H]1CC[C@]2(CO2)C2=C1NNN2Cc1ccccc1. The van der Waals surface area contributed by atoms with Crippen molar-refractivity contribution < 1.29 is 14.3 Å². The van der Waals surface area contributed by atoms with Gasteiger partial charge in [0.25, 0.3) is 0 Å². The maximum absolute atomic E-state index is 12.0. The van der Waals surface area contributed by atoms with Gasteiger partial charge in [-0.15, -0.1) is 5.53 Å². The molecule has 3 N–H and O–H groups in total. The number of epoxide rings is 1. The maximum atomic E-state index is 12.0.